The van der Waals surface area contributed by atoms with Crippen molar-refractivity contribution in [3.05, 3.63) is 33.8 Å². The standard InChI is InChI=1S/C16H20BrNO/c1-15(19-2)5-7-16(8-6-15)10-11-3-4-12(17)9-13(11)14(16)18/h3-4,9,18H,5-8,10H2,1-2H3/t15-,16+. The van der Waals surface area contributed by atoms with Gasteiger partial charge in [-0.2, -0.15) is 0 Å². The van der Waals surface area contributed by atoms with Gasteiger partial charge in [-0.1, -0.05) is 22.0 Å². The second kappa shape index (κ2) is 4.42. The summed E-state index contributed by atoms with van der Waals surface area (Å²) in [6.45, 7) is 2.20. The first-order valence-electron chi connectivity index (χ1n) is 6.91. The number of rotatable bonds is 1. The first kappa shape index (κ1) is 13.3. The molecular formula is C16H20BrNO. The highest BCUT2D eigenvalue weighted by atomic mass is 79.9. The average Bonchev–Trinajstić information content (AvgIpc) is 2.68. The highest BCUT2D eigenvalue weighted by Crippen LogP contribution is 2.50. The highest BCUT2D eigenvalue weighted by molar-refractivity contribution is 9.10. The van der Waals surface area contributed by atoms with Crippen LogP contribution >= 0.6 is 15.9 Å². The Labute approximate surface area is 123 Å². The molecule has 0 heterocycles. The minimum atomic E-state index is 0.0148. The lowest BCUT2D eigenvalue weighted by molar-refractivity contribution is -0.0408. The average molecular weight is 322 g/mol. The molecule has 0 amide bonds. The lowest BCUT2D eigenvalue weighted by Crippen LogP contribution is -2.41. The molecule has 1 N–H and O–H groups in total. The highest BCUT2D eigenvalue weighted by Gasteiger charge is 2.47. The predicted molar refractivity (Wildman–Crippen MR) is 81.0 cm³/mol. The van der Waals surface area contributed by atoms with E-state index in [4.69, 9.17) is 10.1 Å². The van der Waals surface area contributed by atoms with Gasteiger partial charge in [0, 0.05) is 28.3 Å². The minimum absolute atomic E-state index is 0.0148. The summed E-state index contributed by atoms with van der Waals surface area (Å²) in [5, 5.41) is 8.59. The Balaban J connectivity index is 1.88. The number of fused-ring (bicyclic) bond motifs is 1. The van der Waals surface area contributed by atoms with Crippen molar-refractivity contribution in [3.63, 3.8) is 0 Å². The van der Waals surface area contributed by atoms with Crippen molar-refractivity contribution in [2.45, 2.75) is 44.6 Å². The number of benzene rings is 1. The van der Waals surface area contributed by atoms with Crippen LogP contribution in [-0.4, -0.2) is 18.4 Å². The summed E-state index contributed by atoms with van der Waals surface area (Å²) in [6, 6.07) is 6.37. The molecule has 2 aliphatic carbocycles. The van der Waals surface area contributed by atoms with Crippen LogP contribution in [0.1, 0.15) is 43.7 Å². The maximum Gasteiger partial charge on any atom is 0.0651 e. The number of ether oxygens (including phenoxy) is 1. The fourth-order valence-corrected chi connectivity index (χ4v) is 3.92. The van der Waals surface area contributed by atoms with E-state index >= 15 is 0 Å². The molecular weight excluding hydrogens is 302 g/mol. The molecule has 0 saturated heterocycles. The van der Waals surface area contributed by atoms with Crippen molar-refractivity contribution >= 4 is 21.6 Å². The Kier molecular flexibility index (Phi) is 3.10. The van der Waals surface area contributed by atoms with Crippen LogP contribution in [0, 0.1) is 10.8 Å². The van der Waals surface area contributed by atoms with Gasteiger partial charge in [-0.25, -0.2) is 0 Å². The molecule has 0 bridgehead atoms. The van der Waals surface area contributed by atoms with Crippen LogP contribution < -0.4 is 0 Å². The van der Waals surface area contributed by atoms with Crippen LogP contribution in [0.5, 0.6) is 0 Å². The SMILES string of the molecule is CO[C@]1(C)CC[C@]2(CC1)Cc1ccc(Br)cc1C2=N. The summed E-state index contributed by atoms with van der Waals surface area (Å²) in [4.78, 5) is 0. The molecule has 3 heteroatoms. The number of hydrogen-bond donors (Lipinski definition) is 1. The topological polar surface area (TPSA) is 33.1 Å². The van der Waals surface area contributed by atoms with Gasteiger partial charge in [-0.3, -0.25) is 0 Å². The van der Waals surface area contributed by atoms with Gasteiger partial charge in [-0.05, 0) is 56.7 Å². The van der Waals surface area contributed by atoms with E-state index in [1.54, 1.807) is 0 Å². The maximum atomic E-state index is 8.59. The van der Waals surface area contributed by atoms with Crippen molar-refractivity contribution < 1.29 is 4.74 Å². The molecule has 1 saturated carbocycles. The number of nitrogens with one attached hydrogen (secondary N) is 1. The summed E-state index contributed by atoms with van der Waals surface area (Å²) < 4.78 is 6.71. The third kappa shape index (κ3) is 2.07. The lowest BCUT2D eigenvalue weighted by Gasteiger charge is -2.42. The Bertz CT molecular complexity index is 530. The third-order valence-electron chi connectivity index (χ3n) is 5.16. The van der Waals surface area contributed by atoms with Crippen molar-refractivity contribution in [1.82, 2.24) is 0 Å². The Morgan fingerprint density at radius 1 is 1.21 bits per heavy atom. The summed E-state index contributed by atoms with van der Waals surface area (Å²) in [6.07, 6.45) is 5.29. The predicted octanol–water partition coefficient (Wildman–Crippen LogP) is 4.34. The van der Waals surface area contributed by atoms with E-state index in [2.05, 4.69) is 41.1 Å². The van der Waals surface area contributed by atoms with E-state index in [0.29, 0.717) is 0 Å². The van der Waals surface area contributed by atoms with Crippen LogP contribution in [0.3, 0.4) is 0 Å². The third-order valence-corrected chi connectivity index (χ3v) is 5.65. The molecule has 19 heavy (non-hydrogen) atoms. The second-order valence-electron chi connectivity index (χ2n) is 6.29. The molecule has 1 fully saturated rings. The number of halogens is 1. The Morgan fingerprint density at radius 2 is 1.89 bits per heavy atom. The smallest absolute Gasteiger partial charge is 0.0651 e. The molecule has 0 aliphatic heterocycles. The van der Waals surface area contributed by atoms with Crippen molar-refractivity contribution in [2.24, 2.45) is 5.41 Å². The van der Waals surface area contributed by atoms with Gasteiger partial charge >= 0.3 is 0 Å². The number of hydrogen-bond acceptors (Lipinski definition) is 2. The van der Waals surface area contributed by atoms with Crippen molar-refractivity contribution in [2.75, 3.05) is 7.11 Å². The van der Waals surface area contributed by atoms with Gasteiger partial charge in [0.2, 0.25) is 0 Å². The second-order valence-corrected chi connectivity index (χ2v) is 7.20. The van der Waals surface area contributed by atoms with Crippen LogP contribution in [0.2, 0.25) is 0 Å². The zero-order valence-electron chi connectivity index (χ0n) is 11.6. The summed E-state index contributed by atoms with van der Waals surface area (Å²) in [5.41, 5.74) is 3.42. The lowest BCUT2D eigenvalue weighted by atomic mass is 9.66. The normalized spacial score (nSPS) is 33.7. The maximum absolute atomic E-state index is 8.59. The van der Waals surface area contributed by atoms with Gasteiger partial charge in [-0.15, -0.1) is 0 Å². The fraction of sp³-hybridized carbons (Fsp3) is 0.562. The van der Waals surface area contributed by atoms with Gasteiger partial charge in [0.25, 0.3) is 0 Å². The summed E-state index contributed by atoms with van der Waals surface area (Å²) in [5.74, 6) is 0. The van der Waals surface area contributed by atoms with Gasteiger partial charge < -0.3 is 10.1 Å². The van der Waals surface area contributed by atoms with Crippen molar-refractivity contribution in [1.29, 1.82) is 5.41 Å². The molecule has 2 nitrogen and oxygen atoms in total. The minimum Gasteiger partial charge on any atom is -0.379 e. The molecule has 0 radical (unpaired) electrons. The molecule has 3 rings (SSSR count). The zero-order chi connectivity index (χ0) is 13.7. The first-order valence-corrected chi connectivity index (χ1v) is 7.70. The van der Waals surface area contributed by atoms with Gasteiger partial charge in [0.1, 0.15) is 0 Å². The van der Waals surface area contributed by atoms with Crippen LogP contribution in [0.15, 0.2) is 22.7 Å². The molecule has 1 aromatic rings. The number of methoxy groups -OCH3 is 1. The van der Waals surface area contributed by atoms with Crippen molar-refractivity contribution in [3.8, 4) is 0 Å². The summed E-state index contributed by atoms with van der Waals surface area (Å²) >= 11 is 3.52. The molecule has 1 aromatic carbocycles. The monoisotopic (exact) mass is 321 g/mol. The molecule has 102 valence electrons. The van der Waals surface area contributed by atoms with Crippen LogP contribution in [-0.2, 0) is 11.2 Å². The largest absolute Gasteiger partial charge is 0.379 e. The van der Waals surface area contributed by atoms with E-state index in [-0.39, 0.29) is 11.0 Å². The van der Waals surface area contributed by atoms with E-state index < -0.39 is 0 Å². The van der Waals surface area contributed by atoms with Crippen LogP contribution in [0.4, 0.5) is 0 Å². The first-order chi connectivity index (χ1) is 8.98. The van der Waals surface area contributed by atoms with Gasteiger partial charge in [0.15, 0.2) is 0 Å². The Hall–Kier alpha value is -0.670. The molecule has 2 aliphatic rings. The van der Waals surface area contributed by atoms with E-state index in [1.807, 2.05) is 7.11 Å². The summed E-state index contributed by atoms with van der Waals surface area (Å²) in [7, 11) is 1.81. The molecule has 1 spiro atoms. The van der Waals surface area contributed by atoms with E-state index in [0.717, 1.165) is 47.9 Å². The fourth-order valence-electron chi connectivity index (χ4n) is 3.56. The van der Waals surface area contributed by atoms with E-state index in [1.165, 1.54) is 5.56 Å². The van der Waals surface area contributed by atoms with Gasteiger partial charge in [0.05, 0.1) is 5.60 Å². The molecule has 0 aromatic heterocycles. The van der Waals surface area contributed by atoms with E-state index in [9.17, 15) is 0 Å². The van der Waals surface area contributed by atoms with Crippen LogP contribution in [0.25, 0.3) is 0 Å². The molecule has 0 unspecified atom stereocenters. The quantitative estimate of drug-likeness (QED) is 0.820. The zero-order valence-corrected chi connectivity index (χ0v) is 13.1. The molecule has 0 atom stereocenters. The Morgan fingerprint density at radius 3 is 2.53 bits per heavy atom.